The number of carbonyl (C=O) groups is 1. The van der Waals surface area contributed by atoms with Crippen LogP contribution in [0.4, 0.5) is 0 Å². The Morgan fingerprint density at radius 2 is 1.96 bits per heavy atom. The van der Waals surface area contributed by atoms with Crippen molar-refractivity contribution in [1.29, 1.82) is 0 Å². The maximum Gasteiger partial charge on any atom is 0.253 e. The molecule has 3 aromatic rings. The molecule has 0 spiro atoms. The van der Waals surface area contributed by atoms with Crippen LogP contribution in [0.3, 0.4) is 0 Å². The van der Waals surface area contributed by atoms with Gasteiger partial charge in [-0.05, 0) is 37.1 Å². The molecular weight excluding hydrogens is 314 g/mol. The monoisotopic (exact) mass is 333 g/mol. The van der Waals surface area contributed by atoms with E-state index in [1.807, 2.05) is 33.9 Å². The van der Waals surface area contributed by atoms with Crippen molar-refractivity contribution in [3.63, 3.8) is 0 Å². The summed E-state index contributed by atoms with van der Waals surface area (Å²) in [5, 5.41) is 0. The molecule has 1 aliphatic heterocycles. The molecule has 1 fully saturated rings. The minimum absolute atomic E-state index is 0.0675. The number of carbonyl (C=O) groups excluding carboxylic acids is 1. The van der Waals surface area contributed by atoms with Crippen LogP contribution in [0.1, 0.15) is 34.8 Å². The fourth-order valence-electron chi connectivity index (χ4n) is 3.29. The van der Waals surface area contributed by atoms with E-state index in [0.717, 1.165) is 30.9 Å². The zero-order valence-electron chi connectivity index (χ0n) is 13.8. The van der Waals surface area contributed by atoms with Gasteiger partial charge in [-0.15, -0.1) is 0 Å². The Hall–Kier alpha value is -3.02. The fourth-order valence-corrected chi connectivity index (χ4v) is 3.29. The largest absolute Gasteiger partial charge is 0.338 e. The molecule has 1 saturated heterocycles. The van der Waals surface area contributed by atoms with E-state index in [-0.39, 0.29) is 11.8 Å². The minimum Gasteiger partial charge on any atom is -0.338 e. The summed E-state index contributed by atoms with van der Waals surface area (Å²) in [4.78, 5) is 27.5. The molecule has 0 radical (unpaired) electrons. The summed E-state index contributed by atoms with van der Waals surface area (Å²) in [5.41, 5.74) is 1.72. The second kappa shape index (κ2) is 6.84. The summed E-state index contributed by atoms with van der Waals surface area (Å²) in [6.07, 6.45) is 10.7. The van der Waals surface area contributed by atoms with Crippen molar-refractivity contribution >= 4 is 5.91 Å². The molecule has 0 N–H and O–H groups in total. The van der Waals surface area contributed by atoms with Crippen molar-refractivity contribution in [2.24, 2.45) is 0 Å². The number of pyridine rings is 2. The third-order valence-electron chi connectivity index (χ3n) is 4.58. The molecule has 1 aliphatic rings. The smallest absolute Gasteiger partial charge is 0.253 e. The molecule has 3 aromatic heterocycles. The zero-order valence-corrected chi connectivity index (χ0v) is 13.8. The van der Waals surface area contributed by atoms with Gasteiger partial charge >= 0.3 is 0 Å². The summed E-state index contributed by atoms with van der Waals surface area (Å²) in [6.45, 7) is 1.49. The number of amides is 1. The van der Waals surface area contributed by atoms with Gasteiger partial charge in [0.15, 0.2) is 0 Å². The van der Waals surface area contributed by atoms with Gasteiger partial charge in [0.25, 0.3) is 5.91 Å². The van der Waals surface area contributed by atoms with Crippen LogP contribution in [0.2, 0.25) is 0 Å². The first-order valence-corrected chi connectivity index (χ1v) is 8.46. The predicted molar refractivity (Wildman–Crippen MR) is 93.5 cm³/mol. The first kappa shape index (κ1) is 15.5. The van der Waals surface area contributed by atoms with Gasteiger partial charge < -0.3 is 4.90 Å². The second-order valence-electron chi connectivity index (χ2n) is 6.22. The SMILES string of the molecule is O=C(c1ccncc1)N1CCCC(c2cccc(-n3ccnc3)n2)C1. The Morgan fingerprint density at radius 3 is 2.76 bits per heavy atom. The third-order valence-corrected chi connectivity index (χ3v) is 4.58. The Morgan fingerprint density at radius 1 is 1.08 bits per heavy atom. The standard InChI is InChI=1S/C19H19N5O/c25-19(15-6-8-20-9-7-15)23-11-2-3-16(13-23)17-4-1-5-18(22-17)24-12-10-21-14-24/h1,4-10,12,14,16H,2-3,11,13H2. The Kier molecular flexibility index (Phi) is 4.24. The molecule has 0 aliphatic carbocycles. The number of hydrogen-bond acceptors (Lipinski definition) is 4. The Balaban J connectivity index is 1.54. The highest BCUT2D eigenvalue weighted by Gasteiger charge is 2.26. The van der Waals surface area contributed by atoms with Crippen molar-refractivity contribution in [1.82, 2.24) is 24.4 Å². The van der Waals surface area contributed by atoms with E-state index in [1.54, 1.807) is 37.1 Å². The highest BCUT2D eigenvalue weighted by atomic mass is 16.2. The van der Waals surface area contributed by atoms with Crippen LogP contribution < -0.4 is 0 Å². The van der Waals surface area contributed by atoms with Gasteiger partial charge in [0.2, 0.25) is 0 Å². The van der Waals surface area contributed by atoms with Crippen LogP contribution >= 0.6 is 0 Å². The lowest BCUT2D eigenvalue weighted by atomic mass is 9.94. The minimum atomic E-state index is 0.0675. The number of rotatable bonds is 3. The normalized spacial score (nSPS) is 17.4. The van der Waals surface area contributed by atoms with Crippen LogP contribution in [0.25, 0.3) is 5.82 Å². The molecule has 1 amide bonds. The molecule has 4 rings (SSSR count). The molecule has 6 nitrogen and oxygen atoms in total. The summed E-state index contributed by atoms with van der Waals surface area (Å²) in [6, 6.07) is 9.56. The Labute approximate surface area is 146 Å². The van der Waals surface area contributed by atoms with E-state index in [2.05, 4.69) is 9.97 Å². The van der Waals surface area contributed by atoms with Gasteiger partial charge in [-0.2, -0.15) is 0 Å². The maximum absolute atomic E-state index is 12.7. The quantitative estimate of drug-likeness (QED) is 0.739. The van der Waals surface area contributed by atoms with E-state index in [9.17, 15) is 4.79 Å². The zero-order chi connectivity index (χ0) is 17.1. The highest BCUT2D eigenvalue weighted by Crippen LogP contribution is 2.27. The van der Waals surface area contributed by atoms with Crippen LogP contribution in [0.15, 0.2) is 61.4 Å². The average Bonchev–Trinajstić information content (AvgIpc) is 3.23. The van der Waals surface area contributed by atoms with Crippen molar-refractivity contribution in [3.05, 3.63) is 72.7 Å². The summed E-state index contributed by atoms with van der Waals surface area (Å²) in [7, 11) is 0. The average molecular weight is 333 g/mol. The summed E-state index contributed by atoms with van der Waals surface area (Å²) >= 11 is 0. The summed E-state index contributed by atoms with van der Waals surface area (Å²) < 4.78 is 1.90. The molecule has 25 heavy (non-hydrogen) atoms. The number of imidazole rings is 1. The molecule has 1 unspecified atom stereocenters. The summed E-state index contributed by atoms with van der Waals surface area (Å²) in [5.74, 6) is 1.17. The van der Waals surface area contributed by atoms with E-state index >= 15 is 0 Å². The van der Waals surface area contributed by atoms with Crippen molar-refractivity contribution < 1.29 is 4.79 Å². The fraction of sp³-hybridized carbons (Fsp3) is 0.263. The highest BCUT2D eigenvalue weighted by molar-refractivity contribution is 5.94. The van der Waals surface area contributed by atoms with Crippen molar-refractivity contribution in [2.75, 3.05) is 13.1 Å². The first-order chi connectivity index (χ1) is 12.3. The van der Waals surface area contributed by atoms with E-state index in [1.165, 1.54) is 0 Å². The lowest BCUT2D eigenvalue weighted by Gasteiger charge is -2.32. The second-order valence-corrected chi connectivity index (χ2v) is 6.22. The molecule has 1 atom stereocenters. The van der Waals surface area contributed by atoms with Crippen molar-refractivity contribution in [2.45, 2.75) is 18.8 Å². The van der Waals surface area contributed by atoms with E-state index < -0.39 is 0 Å². The molecule has 126 valence electrons. The predicted octanol–water partition coefficient (Wildman–Crippen LogP) is 2.68. The number of likely N-dealkylation sites (tertiary alicyclic amines) is 1. The molecule has 0 bridgehead atoms. The molecular formula is C19H19N5O. The van der Waals surface area contributed by atoms with E-state index in [0.29, 0.717) is 12.1 Å². The van der Waals surface area contributed by atoms with Gasteiger partial charge in [-0.25, -0.2) is 9.97 Å². The topological polar surface area (TPSA) is 63.9 Å². The molecule has 6 heteroatoms. The lowest BCUT2D eigenvalue weighted by Crippen LogP contribution is -2.39. The van der Waals surface area contributed by atoms with Gasteiger partial charge in [0, 0.05) is 55.1 Å². The number of nitrogens with zero attached hydrogens (tertiary/aromatic N) is 5. The lowest BCUT2D eigenvalue weighted by molar-refractivity contribution is 0.0706. The van der Waals surface area contributed by atoms with Gasteiger partial charge in [-0.1, -0.05) is 6.07 Å². The van der Waals surface area contributed by atoms with Crippen LogP contribution in [-0.4, -0.2) is 43.4 Å². The number of aromatic nitrogens is 4. The molecule has 0 aromatic carbocycles. The van der Waals surface area contributed by atoms with Gasteiger partial charge in [-0.3, -0.25) is 14.3 Å². The maximum atomic E-state index is 12.7. The Bertz CT molecular complexity index is 847. The van der Waals surface area contributed by atoms with Crippen molar-refractivity contribution in [3.8, 4) is 5.82 Å². The molecule has 4 heterocycles. The number of hydrogen-bond donors (Lipinski definition) is 0. The third kappa shape index (κ3) is 3.28. The molecule has 0 saturated carbocycles. The van der Waals surface area contributed by atoms with Gasteiger partial charge in [0.1, 0.15) is 12.1 Å². The van der Waals surface area contributed by atoms with Gasteiger partial charge in [0.05, 0.1) is 0 Å². The van der Waals surface area contributed by atoms with Crippen LogP contribution in [0, 0.1) is 0 Å². The van der Waals surface area contributed by atoms with Crippen LogP contribution in [0.5, 0.6) is 0 Å². The van der Waals surface area contributed by atoms with Crippen LogP contribution in [-0.2, 0) is 0 Å². The first-order valence-electron chi connectivity index (χ1n) is 8.46. The van der Waals surface area contributed by atoms with E-state index in [4.69, 9.17) is 4.98 Å². The number of piperidine rings is 1.